The van der Waals surface area contributed by atoms with E-state index in [2.05, 4.69) is 12.2 Å². The molecule has 0 heterocycles. The van der Waals surface area contributed by atoms with Crippen LogP contribution in [-0.2, 0) is 0 Å². The number of unbranched alkanes of at least 4 members (excludes halogenated alkanes) is 3. The summed E-state index contributed by atoms with van der Waals surface area (Å²) in [5, 5.41) is 3.13. The van der Waals surface area contributed by atoms with Gasteiger partial charge in [0.25, 0.3) is 0 Å². The van der Waals surface area contributed by atoms with Crippen molar-refractivity contribution in [2.75, 3.05) is 13.6 Å². The first-order chi connectivity index (χ1) is 3.91. The monoisotopic (exact) mass is 115 g/mol. The molecular weight excluding hydrogens is 98.1 g/mol. The van der Waals surface area contributed by atoms with E-state index in [9.17, 15) is 0 Å². The van der Waals surface area contributed by atoms with Gasteiger partial charge in [-0.2, -0.15) is 5.32 Å². The molecule has 0 amide bonds. The zero-order valence-corrected chi connectivity index (χ0v) is 6.04. The first-order valence-corrected chi connectivity index (χ1v) is 3.56. The molecule has 0 bridgehead atoms. The van der Waals surface area contributed by atoms with Crippen LogP contribution in [0.15, 0.2) is 0 Å². The summed E-state index contributed by atoms with van der Waals surface area (Å²) in [6, 6.07) is 0. The molecular formula is C7H17N+. The van der Waals surface area contributed by atoms with E-state index in [1.54, 1.807) is 0 Å². The Morgan fingerprint density at radius 3 is 2.38 bits per heavy atom. The molecule has 0 saturated carbocycles. The maximum Gasteiger partial charge on any atom is 0.120 e. The van der Waals surface area contributed by atoms with Crippen LogP contribution in [0.3, 0.4) is 0 Å². The minimum Gasteiger partial charge on any atom is -0.185 e. The van der Waals surface area contributed by atoms with Gasteiger partial charge in [0.1, 0.15) is 13.6 Å². The molecule has 1 N–H and O–H groups in total. The second-order valence-electron chi connectivity index (χ2n) is 2.16. The van der Waals surface area contributed by atoms with Crippen molar-refractivity contribution in [2.24, 2.45) is 0 Å². The fourth-order valence-electron chi connectivity index (χ4n) is 0.729. The number of hydrogen-bond donors (Lipinski definition) is 1. The summed E-state index contributed by atoms with van der Waals surface area (Å²) in [6.45, 7) is 3.42. The lowest BCUT2D eigenvalue weighted by Gasteiger charge is -1.90. The lowest BCUT2D eigenvalue weighted by atomic mass is 10.2. The van der Waals surface area contributed by atoms with E-state index >= 15 is 0 Å². The minimum atomic E-state index is 1.18. The molecule has 0 aliphatic heterocycles. The summed E-state index contributed by atoms with van der Waals surface area (Å²) in [5.41, 5.74) is 0. The van der Waals surface area contributed by atoms with Crippen LogP contribution < -0.4 is 5.32 Å². The van der Waals surface area contributed by atoms with Crippen molar-refractivity contribution in [1.29, 1.82) is 0 Å². The first-order valence-electron chi connectivity index (χ1n) is 3.56. The molecule has 0 aliphatic rings. The predicted molar refractivity (Wildman–Crippen MR) is 35.9 cm³/mol. The zero-order chi connectivity index (χ0) is 6.24. The molecule has 1 radical (unpaired) electrons. The molecule has 0 saturated heterocycles. The van der Waals surface area contributed by atoms with Gasteiger partial charge in [-0.1, -0.05) is 19.8 Å². The largest absolute Gasteiger partial charge is 0.185 e. The van der Waals surface area contributed by atoms with E-state index in [0.717, 1.165) is 0 Å². The molecule has 0 spiro atoms. The van der Waals surface area contributed by atoms with Crippen molar-refractivity contribution in [3.05, 3.63) is 0 Å². The highest BCUT2D eigenvalue weighted by Gasteiger charge is 1.87. The second kappa shape index (κ2) is 6.96. The third-order valence-corrected chi connectivity index (χ3v) is 1.28. The summed E-state index contributed by atoms with van der Waals surface area (Å²) in [7, 11) is 2.01. The Kier molecular flexibility index (Phi) is 6.93. The molecule has 0 rings (SSSR count). The second-order valence-corrected chi connectivity index (χ2v) is 2.16. The molecule has 0 aromatic rings. The quantitative estimate of drug-likeness (QED) is 0.503. The van der Waals surface area contributed by atoms with Crippen LogP contribution in [0.2, 0.25) is 0 Å². The SMILES string of the molecule is CCCCCC[NH+]C. The molecule has 0 aromatic heterocycles. The number of nitrogens with one attached hydrogen (secondary N) is 1. The molecule has 0 atom stereocenters. The van der Waals surface area contributed by atoms with Gasteiger partial charge in [-0.05, 0) is 6.42 Å². The van der Waals surface area contributed by atoms with Crippen molar-refractivity contribution < 1.29 is 5.32 Å². The maximum absolute atomic E-state index is 3.13. The van der Waals surface area contributed by atoms with Crippen molar-refractivity contribution >= 4 is 0 Å². The van der Waals surface area contributed by atoms with Crippen LogP contribution in [0.4, 0.5) is 0 Å². The van der Waals surface area contributed by atoms with Crippen LogP contribution in [0.5, 0.6) is 0 Å². The molecule has 0 aromatic carbocycles. The lowest BCUT2D eigenvalue weighted by Crippen LogP contribution is -2.79. The van der Waals surface area contributed by atoms with Gasteiger partial charge in [-0.25, -0.2) is 0 Å². The first kappa shape index (κ1) is 7.96. The minimum absolute atomic E-state index is 1.18. The van der Waals surface area contributed by atoms with Crippen molar-refractivity contribution in [2.45, 2.75) is 32.6 Å². The number of hydrogen-bond acceptors (Lipinski definition) is 1. The Hall–Kier alpha value is -0.0400. The van der Waals surface area contributed by atoms with E-state index in [1.807, 2.05) is 7.05 Å². The van der Waals surface area contributed by atoms with Gasteiger partial charge < -0.3 is 0 Å². The highest BCUT2D eigenvalue weighted by atomic mass is 14.8. The van der Waals surface area contributed by atoms with Gasteiger partial charge in [0.2, 0.25) is 0 Å². The van der Waals surface area contributed by atoms with Crippen LogP contribution >= 0.6 is 0 Å². The van der Waals surface area contributed by atoms with Gasteiger partial charge in [0.15, 0.2) is 0 Å². The maximum atomic E-state index is 3.13. The van der Waals surface area contributed by atoms with Gasteiger partial charge in [-0.15, -0.1) is 0 Å². The van der Waals surface area contributed by atoms with Crippen LogP contribution in [-0.4, -0.2) is 13.6 Å². The Balaban J connectivity index is 2.53. The summed E-state index contributed by atoms with van der Waals surface area (Å²) in [4.78, 5) is 0. The lowest BCUT2D eigenvalue weighted by molar-refractivity contribution is -0.627. The molecule has 0 fully saturated rings. The third kappa shape index (κ3) is 5.96. The van der Waals surface area contributed by atoms with E-state index in [4.69, 9.17) is 0 Å². The predicted octanol–water partition coefficient (Wildman–Crippen LogP) is 0.546. The molecule has 8 heavy (non-hydrogen) atoms. The van der Waals surface area contributed by atoms with Gasteiger partial charge in [0.05, 0.1) is 0 Å². The van der Waals surface area contributed by atoms with Gasteiger partial charge in [0, 0.05) is 6.42 Å². The molecule has 1 nitrogen and oxygen atoms in total. The Morgan fingerprint density at radius 1 is 1.12 bits per heavy atom. The summed E-state index contributed by atoms with van der Waals surface area (Å²) < 4.78 is 0. The molecule has 49 valence electrons. The third-order valence-electron chi connectivity index (χ3n) is 1.28. The zero-order valence-electron chi connectivity index (χ0n) is 6.04. The molecule has 0 unspecified atom stereocenters. The van der Waals surface area contributed by atoms with Crippen molar-refractivity contribution in [3.8, 4) is 0 Å². The summed E-state index contributed by atoms with van der Waals surface area (Å²) >= 11 is 0. The summed E-state index contributed by atoms with van der Waals surface area (Å²) in [6.07, 6.45) is 5.45. The number of rotatable bonds is 5. The molecule has 1 heteroatoms. The van der Waals surface area contributed by atoms with Crippen molar-refractivity contribution in [1.82, 2.24) is 0 Å². The Labute approximate surface area is 52.5 Å². The van der Waals surface area contributed by atoms with E-state index in [-0.39, 0.29) is 0 Å². The van der Waals surface area contributed by atoms with E-state index in [1.165, 1.54) is 32.2 Å². The fraction of sp³-hybridized carbons (Fsp3) is 1.00. The van der Waals surface area contributed by atoms with Crippen LogP contribution in [0, 0.1) is 0 Å². The average Bonchev–Trinajstić information content (AvgIpc) is 1.81. The standard InChI is InChI=1S/C7H17N/c1-3-4-5-6-7-8-2/h8H,3-7H2,1-2H3/q+1. The topological polar surface area (TPSA) is 15.6 Å². The average molecular weight is 115 g/mol. The Bertz CT molecular complexity index is 29.4. The van der Waals surface area contributed by atoms with Crippen LogP contribution in [0.1, 0.15) is 32.6 Å². The smallest absolute Gasteiger partial charge is 0.120 e. The van der Waals surface area contributed by atoms with Gasteiger partial charge >= 0.3 is 0 Å². The van der Waals surface area contributed by atoms with E-state index < -0.39 is 0 Å². The fourth-order valence-corrected chi connectivity index (χ4v) is 0.729. The highest BCUT2D eigenvalue weighted by Crippen LogP contribution is 1.95. The molecule has 0 aliphatic carbocycles. The van der Waals surface area contributed by atoms with E-state index in [0.29, 0.717) is 0 Å². The highest BCUT2D eigenvalue weighted by molar-refractivity contribution is 4.35. The normalized spacial score (nSPS) is 9.75. The van der Waals surface area contributed by atoms with Crippen molar-refractivity contribution in [3.63, 3.8) is 0 Å². The Morgan fingerprint density at radius 2 is 1.88 bits per heavy atom. The van der Waals surface area contributed by atoms with Crippen LogP contribution in [0.25, 0.3) is 0 Å². The van der Waals surface area contributed by atoms with Gasteiger partial charge in [-0.3, -0.25) is 0 Å². The summed E-state index contributed by atoms with van der Waals surface area (Å²) in [5.74, 6) is 0.